The molecule has 146 valence electrons. The van der Waals surface area contributed by atoms with Gasteiger partial charge >= 0.3 is 6.61 Å². The second kappa shape index (κ2) is 8.53. The molecule has 9 heteroatoms. The molecule has 1 aliphatic heterocycles. The number of rotatable bonds is 6. The van der Waals surface area contributed by atoms with E-state index in [1.807, 2.05) is 12.1 Å². The largest absolute Gasteiger partial charge is 0.493 e. The van der Waals surface area contributed by atoms with Crippen LogP contribution in [0, 0.1) is 0 Å². The predicted octanol–water partition coefficient (Wildman–Crippen LogP) is 4.21. The van der Waals surface area contributed by atoms with Crippen molar-refractivity contribution in [1.82, 2.24) is 10.2 Å². The Morgan fingerprint density at radius 2 is 2.00 bits per heavy atom. The lowest BCUT2D eigenvalue weighted by molar-refractivity contribution is -0.122. The van der Waals surface area contributed by atoms with Gasteiger partial charge < -0.3 is 14.8 Å². The van der Waals surface area contributed by atoms with Gasteiger partial charge in [0, 0.05) is 5.02 Å². The second-order valence-electron chi connectivity index (χ2n) is 5.76. The van der Waals surface area contributed by atoms with E-state index in [-0.39, 0.29) is 34.8 Å². The summed E-state index contributed by atoms with van der Waals surface area (Å²) in [5.74, 6) is -0.298. The highest BCUT2D eigenvalue weighted by molar-refractivity contribution is 7.80. The van der Waals surface area contributed by atoms with Crippen molar-refractivity contribution in [2.24, 2.45) is 0 Å². The van der Waals surface area contributed by atoms with E-state index in [2.05, 4.69) is 10.1 Å². The van der Waals surface area contributed by atoms with Gasteiger partial charge in [0.05, 0.1) is 13.7 Å². The molecule has 1 N–H and O–H groups in total. The minimum Gasteiger partial charge on any atom is -0.493 e. The van der Waals surface area contributed by atoms with Crippen LogP contribution in [0.5, 0.6) is 11.5 Å². The molecular formula is C19H15ClF2N2O3S. The number of nitrogens with zero attached hydrogens (tertiary/aromatic N) is 1. The van der Waals surface area contributed by atoms with Gasteiger partial charge in [0.1, 0.15) is 5.70 Å². The van der Waals surface area contributed by atoms with Crippen molar-refractivity contribution in [3.63, 3.8) is 0 Å². The number of methoxy groups -OCH3 is 1. The topological polar surface area (TPSA) is 50.8 Å². The standard InChI is InChI=1S/C19H15ClF2N2O3S/c1-26-16-9-11(6-7-15(16)27-18(21)22)8-14-17(25)24(19(28)23-14)10-12-4-2-3-5-13(12)20/h2-9,18H,10H2,1H3,(H,23,28). The first-order valence-corrected chi connectivity index (χ1v) is 8.88. The Balaban J connectivity index is 1.82. The molecule has 0 atom stereocenters. The summed E-state index contributed by atoms with van der Waals surface area (Å²) < 4.78 is 34.3. The Bertz CT molecular complexity index is 953. The van der Waals surface area contributed by atoms with Crippen LogP contribution in [0.4, 0.5) is 8.78 Å². The maximum Gasteiger partial charge on any atom is 0.387 e. The van der Waals surface area contributed by atoms with E-state index in [4.69, 9.17) is 28.6 Å². The number of halogens is 3. The van der Waals surface area contributed by atoms with E-state index >= 15 is 0 Å². The first kappa shape index (κ1) is 20.0. The lowest BCUT2D eigenvalue weighted by Crippen LogP contribution is -2.30. The predicted molar refractivity (Wildman–Crippen MR) is 105 cm³/mol. The van der Waals surface area contributed by atoms with Gasteiger partial charge in [0.25, 0.3) is 5.91 Å². The number of thiocarbonyl (C=S) groups is 1. The number of carbonyl (C=O) groups excluding carboxylic acids is 1. The van der Waals surface area contributed by atoms with Crippen LogP contribution in [0.3, 0.4) is 0 Å². The van der Waals surface area contributed by atoms with Crippen molar-refractivity contribution in [1.29, 1.82) is 0 Å². The summed E-state index contributed by atoms with van der Waals surface area (Å²) in [5, 5.41) is 3.65. The summed E-state index contributed by atoms with van der Waals surface area (Å²) >= 11 is 11.4. The number of benzene rings is 2. The van der Waals surface area contributed by atoms with Crippen molar-refractivity contribution in [2.45, 2.75) is 13.2 Å². The zero-order valence-corrected chi connectivity index (χ0v) is 16.2. The summed E-state index contributed by atoms with van der Waals surface area (Å²) in [6, 6.07) is 11.5. The van der Waals surface area contributed by atoms with Crippen LogP contribution in [0.15, 0.2) is 48.2 Å². The van der Waals surface area contributed by atoms with Gasteiger partial charge in [0.15, 0.2) is 16.6 Å². The van der Waals surface area contributed by atoms with Gasteiger partial charge in [0.2, 0.25) is 0 Å². The first-order chi connectivity index (χ1) is 13.4. The lowest BCUT2D eigenvalue weighted by Gasteiger charge is -2.14. The number of hydrogen-bond acceptors (Lipinski definition) is 4. The van der Waals surface area contributed by atoms with Crippen LogP contribution < -0.4 is 14.8 Å². The van der Waals surface area contributed by atoms with E-state index in [1.54, 1.807) is 18.2 Å². The highest BCUT2D eigenvalue weighted by Gasteiger charge is 2.31. The zero-order chi connectivity index (χ0) is 20.3. The third kappa shape index (κ3) is 4.40. The zero-order valence-electron chi connectivity index (χ0n) is 14.6. The van der Waals surface area contributed by atoms with Crippen LogP contribution in [0.2, 0.25) is 5.02 Å². The van der Waals surface area contributed by atoms with E-state index in [1.165, 1.54) is 30.2 Å². The first-order valence-electron chi connectivity index (χ1n) is 8.10. The molecule has 28 heavy (non-hydrogen) atoms. The summed E-state index contributed by atoms with van der Waals surface area (Å²) in [4.78, 5) is 14.1. The fourth-order valence-electron chi connectivity index (χ4n) is 2.65. The quantitative estimate of drug-likeness (QED) is 0.556. The third-order valence-electron chi connectivity index (χ3n) is 3.96. The minimum absolute atomic E-state index is 0.0961. The smallest absolute Gasteiger partial charge is 0.387 e. The van der Waals surface area contributed by atoms with Gasteiger partial charge in [-0.05, 0) is 47.6 Å². The van der Waals surface area contributed by atoms with Crippen molar-refractivity contribution < 1.29 is 23.0 Å². The molecule has 2 aromatic carbocycles. The monoisotopic (exact) mass is 424 g/mol. The highest BCUT2D eigenvalue weighted by Crippen LogP contribution is 2.30. The van der Waals surface area contributed by atoms with Crippen LogP contribution in [0.1, 0.15) is 11.1 Å². The van der Waals surface area contributed by atoms with Gasteiger partial charge in [-0.25, -0.2) is 0 Å². The van der Waals surface area contributed by atoms with E-state index in [9.17, 15) is 13.6 Å². The molecule has 0 spiro atoms. The number of nitrogens with one attached hydrogen (secondary N) is 1. The molecular weight excluding hydrogens is 410 g/mol. The summed E-state index contributed by atoms with van der Waals surface area (Å²) in [5.41, 5.74) is 1.57. The average molecular weight is 425 g/mol. The van der Waals surface area contributed by atoms with Crippen LogP contribution in [0.25, 0.3) is 6.08 Å². The lowest BCUT2D eigenvalue weighted by atomic mass is 10.1. The number of hydrogen-bond donors (Lipinski definition) is 1. The summed E-state index contributed by atoms with van der Waals surface area (Å²) in [6.45, 7) is -2.74. The molecule has 1 saturated heterocycles. The molecule has 0 aromatic heterocycles. The molecule has 1 heterocycles. The molecule has 1 aliphatic rings. The van der Waals surface area contributed by atoms with Gasteiger partial charge in [-0.15, -0.1) is 0 Å². The Morgan fingerprint density at radius 3 is 2.68 bits per heavy atom. The van der Waals surface area contributed by atoms with Gasteiger partial charge in [-0.3, -0.25) is 9.69 Å². The van der Waals surface area contributed by atoms with Crippen molar-refractivity contribution >= 4 is 40.9 Å². The van der Waals surface area contributed by atoms with Crippen molar-refractivity contribution in [3.8, 4) is 11.5 Å². The van der Waals surface area contributed by atoms with E-state index in [0.717, 1.165) is 5.56 Å². The summed E-state index contributed by atoms with van der Waals surface area (Å²) in [7, 11) is 1.34. The summed E-state index contributed by atoms with van der Waals surface area (Å²) in [6.07, 6.45) is 1.55. The number of alkyl halides is 2. The Morgan fingerprint density at radius 1 is 1.25 bits per heavy atom. The van der Waals surface area contributed by atoms with E-state index in [0.29, 0.717) is 10.6 Å². The Labute approximate surface area is 170 Å². The van der Waals surface area contributed by atoms with Crippen molar-refractivity contribution in [3.05, 3.63) is 64.3 Å². The Kier molecular flexibility index (Phi) is 6.11. The van der Waals surface area contributed by atoms with Crippen LogP contribution in [-0.4, -0.2) is 29.6 Å². The Hall–Kier alpha value is -2.71. The fourth-order valence-corrected chi connectivity index (χ4v) is 3.10. The van der Waals surface area contributed by atoms with Gasteiger partial charge in [-0.1, -0.05) is 35.9 Å². The molecule has 3 rings (SSSR count). The number of amides is 1. The van der Waals surface area contributed by atoms with Crippen molar-refractivity contribution in [2.75, 3.05) is 7.11 Å². The van der Waals surface area contributed by atoms with Crippen LogP contribution >= 0.6 is 23.8 Å². The number of ether oxygens (including phenoxy) is 2. The molecule has 1 amide bonds. The van der Waals surface area contributed by atoms with Gasteiger partial charge in [-0.2, -0.15) is 8.78 Å². The molecule has 0 radical (unpaired) electrons. The highest BCUT2D eigenvalue weighted by atomic mass is 35.5. The minimum atomic E-state index is -2.97. The molecule has 5 nitrogen and oxygen atoms in total. The third-order valence-corrected chi connectivity index (χ3v) is 4.65. The molecule has 0 unspecified atom stereocenters. The SMILES string of the molecule is COc1cc(C=C2NC(=S)N(Cc3ccccc3Cl)C2=O)ccc1OC(F)F. The fraction of sp³-hybridized carbons (Fsp3) is 0.158. The molecule has 0 aliphatic carbocycles. The number of carbonyl (C=O) groups is 1. The second-order valence-corrected chi connectivity index (χ2v) is 6.55. The molecule has 0 saturated carbocycles. The molecule has 2 aromatic rings. The maximum absolute atomic E-state index is 12.7. The average Bonchev–Trinajstić information content (AvgIpc) is 2.91. The van der Waals surface area contributed by atoms with E-state index < -0.39 is 6.61 Å². The molecule has 0 bridgehead atoms. The molecule has 1 fully saturated rings. The van der Waals surface area contributed by atoms with Crippen LogP contribution in [-0.2, 0) is 11.3 Å². The maximum atomic E-state index is 12.7. The normalized spacial score (nSPS) is 15.3.